The number of benzene rings is 3. The van der Waals surface area contributed by atoms with Crippen LogP contribution < -0.4 is 25.4 Å². The third kappa shape index (κ3) is 7.03. The standard InChI is InChI=1S/C28H24BrFN4O6/c1-2-39-23-14-17(12-19(29)26(23)40-16-25(36)31-18-8-4-3-5-9-18)13-22-27(37)34(28(38)33-22)15-24(35)32-21-11-7-6-10-20(21)30/h3-14H,2,15-16H2,1H3,(H,31,36)(H,32,35)(H,33,38)/b22-13+. The SMILES string of the molecule is CCOc1cc(/C=C2/NC(=O)N(CC(=O)Nc3ccccc3F)C2=O)cc(Br)c1OCC(=O)Nc1ccccc1. The van der Waals surface area contributed by atoms with Crippen molar-refractivity contribution in [2.24, 2.45) is 0 Å². The molecule has 1 heterocycles. The predicted molar refractivity (Wildman–Crippen MR) is 149 cm³/mol. The lowest BCUT2D eigenvalue weighted by Gasteiger charge is -2.15. The topological polar surface area (TPSA) is 126 Å². The van der Waals surface area contributed by atoms with Crippen molar-refractivity contribution in [3.63, 3.8) is 0 Å². The van der Waals surface area contributed by atoms with E-state index in [1.165, 1.54) is 30.3 Å². The van der Waals surface area contributed by atoms with E-state index in [0.717, 1.165) is 0 Å². The number of para-hydroxylation sites is 2. The number of amides is 5. The van der Waals surface area contributed by atoms with Gasteiger partial charge in [0.15, 0.2) is 18.1 Å². The summed E-state index contributed by atoms with van der Waals surface area (Å²) in [6.07, 6.45) is 1.41. The molecule has 1 aliphatic heterocycles. The molecule has 0 bridgehead atoms. The van der Waals surface area contributed by atoms with E-state index in [1.807, 2.05) is 6.07 Å². The van der Waals surface area contributed by atoms with Gasteiger partial charge in [0, 0.05) is 5.69 Å². The number of anilines is 2. The van der Waals surface area contributed by atoms with Crippen molar-refractivity contribution in [3.05, 3.63) is 88.3 Å². The van der Waals surface area contributed by atoms with Crippen molar-refractivity contribution in [3.8, 4) is 11.5 Å². The minimum atomic E-state index is -0.798. The van der Waals surface area contributed by atoms with Crippen LogP contribution in [0.1, 0.15) is 12.5 Å². The maximum Gasteiger partial charge on any atom is 0.329 e. The summed E-state index contributed by atoms with van der Waals surface area (Å²) in [7, 11) is 0. The van der Waals surface area contributed by atoms with Crippen molar-refractivity contribution in [2.45, 2.75) is 6.92 Å². The zero-order valence-corrected chi connectivity index (χ0v) is 22.8. The molecule has 0 spiro atoms. The average molecular weight is 611 g/mol. The van der Waals surface area contributed by atoms with Crippen LogP contribution in [0, 0.1) is 5.82 Å². The molecule has 0 atom stereocenters. The molecule has 3 aromatic carbocycles. The molecule has 206 valence electrons. The fourth-order valence-electron chi connectivity index (χ4n) is 3.71. The predicted octanol–water partition coefficient (Wildman–Crippen LogP) is 4.54. The van der Waals surface area contributed by atoms with Gasteiger partial charge in [0.2, 0.25) is 5.91 Å². The van der Waals surface area contributed by atoms with Crippen molar-refractivity contribution in [1.82, 2.24) is 10.2 Å². The van der Waals surface area contributed by atoms with Gasteiger partial charge in [-0.1, -0.05) is 30.3 Å². The molecule has 4 rings (SSSR count). The maximum atomic E-state index is 13.8. The first-order valence-corrected chi connectivity index (χ1v) is 12.9. The molecule has 10 nitrogen and oxygen atoms in total. The normalized spacial score (nSPS) is 13.7. The van der Waals surface area contributed by atoms with Crippen LogP contribution in [-0.4, -0.2) is 48.4 Å². The second kappa shape index (κ2) is 12.9. The summed E-state index contributed by atoms with van der Waals surface area (Å²) in [6, 6.07) is 16.9. The Morgan fingerprint density at radius 1 is 1.00 bits per heavy atom. The summed E-state index contributed by atoms with van der Waals surface area (Å²) in [5, 5.41) is 7.50. The number of ether oxygens (including phenoxy) is 2. The zero-order valence-electron chi connectivity index (χ0n) is 21.2. The first kappa shape index (κ1) is 28.3. The maximum absolute atomic E-state index is 13.8. The van der Waals surface area contributed by atoms with Gasteiger partial charge in [-0.25, -0.2) is 14.1 Å². The molecule has 5 amide bonds. The van der Waals surface area contributed by atoms with Gasteiger partial charge in [0.1, 0.15) is 18.1 Å². The third-order valence-electron chi connectivity index (χ3n) is 5.46. The highest BCUT2D eigenvalue weighted by molar-refractivity contribution is 9.10. The van der Waals surface area contributed by atoms with E-state index in [2.05, 4.69) is 31.9 Å². The van der Waals surface area contributed by atoms with E-state index in [4.69, 9.17) is 9.47 Å². The molecule has 1 aliphatic rings. The van der Waals surface area contributed by atoms with Crippen molar-refractivity contribution in [1.29, 1.82) is 0 Å². The van der Waals surface area contributed by atoms with E-state index < -0.39 is 30.2 Å². The number of halogens is 2. The van der Waals surface area contributed by atoms with Gasteiger partial charge < -0.3 is 25.4 Å². The minimum Gasteiger partial charge on any atom is -0.490 e. The Morgan fingerprint density at radius 3 is 2.45 bits per heavy atom. The molecule has 0 saturated carbocycles. The van der Waals surface area contributed by atoms with Gasteiger partial charge >= 0.3 is 6.03 Å². The average Bonchev–Trinajstić information content (AvgIpc) is 3.17. The number of nitrogens with zero attached hydrogens (tertiary/aromatic N) is 1. The number of hydrogen-bond acceptors (Lipinski definition) is 6. The summed E-state index contributed by atoms with van der Waals surface area (Å²) < 4.78 is 25.7. The number of carbonyl (C=O) groups is 4. The van der Waals surface area contributed by atoms with Crippen LogP contribution in [0.3, 0.4) is 0 Å². The molecular weight excluding hydrogens is 587 g/mol. The van der Waals surface area contributed by atoms with Gasteiger partial charge in [-0.15, -0.1) is 0 Å². The molecule has 0 aliphatic carbocycles. The van der Waals surface area contributed by atoms with E-state index in [9.17, 15) is 23.6 Å². The smallest absolute Gasteiger partial charge is 0.329 e. The van der Waals surface area contributed by atoms with Crippen LogP contribution in [0.15, 0.2) is 76.9 Å². The molecule has 1 fully saturated rings. The monoisotopic (exact) mass is 610 g/mol. The molecule has 0 aromatic heterocycles. The third-order valence-corrected chi connectivity index (χ3v) is 6.05. The summed E-state index contributed by atoms with van der Waals surface area (Å²) in [5.41, 5.74) is 0.958. The number of carbonyl (C=O) groups excluding carboxylic acids is 4. The van der Waals surface area contributed by atoms with E-state index in [1.54, 1.807) is 43.3 Å². The van der Waals surface area contributed by atoms with E-state index >= 15 is 0 Å². The van der Waals surface area contributed by atoms with Gasteiger partial charge in [-0.3, -0.25) is 14.4 Å². The van der Waals surface area contributed by atoms with Gasteiger partial charge in [-0.2, -0.15) is 0 Å². The Kier molecular flexibility index (Phi) is 9.12. The Balaban J connectivity index is 1.45. The molecular formula is C28H24BrFN4O6. The molecule has 0 unspecified atom stereocenters. The van der Waals surface area contributed by atoms with E-state index in [-0.39, 0.29) is 29.6 Å². The number of imide groups is 1. The lowest BCUT2D eigenvalue weighted by atomic mass is 10.1. The molecule has 12 heteroatoms. The summed E-state index contributed by atoms with van der Waals surface area (Å²) in [5.74, 6) is -1.91. The quantitative estimate of drug-likeness (QED) is 0.229. The van der Waals surface area contributed by atoms with Crippen LogP contribution in [-0.2, 0) is 14.4 Å². The van der Waals surface area contributed by atoms with Gasteiger partial charge in [0.25, 0.3) is 11.8 Å². The van der Waals surface area contributed by atoms with Crippen molar-refractivity contribution in [2.75, 3.05) is 30.4 Å². The second-order valence-corrected chi connectivity index (χ2v) is 9.23. The number of nitrogens with one attached hydrogen (secondary N) is 3. The summed E-state index contributed by atoms with van der Waals surface area (Å²) >= 11 is 3.41. The first-order valence-electron chi connectivity index (χ1n) is 12.1. The second-order valence-electron chi connectivity index (χ2n) is 8.37. The molecule has 3 N–H and O–H groups in total. The number of hydrogen-bond donors (Lipinski definition) is 3. The molecule has 0 radical (unpaired) electrons. The summed E-state index contributed by atoms with van der Waals surface area (Å²) in [6.45, 7) is 1.17. The Morgan fingerprint density at radius 2 is 1.73 bits per heavy atom. The molecule has 40 heavy (non-hydrogen) atoms. The lowest BCUT2D eigenvalue weighted by Crippen LogP contribution is -2.38. The van der Waals surface area contributed by atoms with Crippen LogP contribution >= 0.6 is 15.9 Å². The van der Waals surface area contributed by atoms with Crippen molar-refractivity contribution < 1.29 is 33.0 Å². The van der Waals surface area contributed by atoms with Gasteiger partial charge in [0.05, 0.1) is 16.8 Å². The summed E-state index contributed by atoms with van der Waals surface area (Å²) in [4.78, 5) is 50.7. The fraction of sp³-hybridized carbons (Fsp3) is 0.143. The first-order chi connectivity index (χ1) is 19.2. The fourth-order valence-corrected chi connectivity index (χ4v) is 4.28. The van der Waals surface area contributed by atoms with Crippen LogP contribution in [0.4, 0.5) is 20.6 Å². The van der Waals surface area contributed by atoms with Crippen LogP contribution in [0.2, 0.25) is 0 Å². The number of urea groups is 1. The van der Waals surface area contributed by atoms with Gasteiger partial charge in [-0.05, 0) is 70.9 Å². The van der Waals surface area contributed by atoms with Crippen LogP contribution in [0.5, 0.6) is 11.5 Å². The largest absolute Gasteiger partial charge is 0.490 e. The Labute approximate surface area is 237 Å². The Bertz CT molecular complexity index is 1480. The van der Waals surface area contributed by atoms with Crippen molar-refractivity contribution >= 4 is 57.1 Å². The highest BCUT2D eigenvalue weighted by atomic mass is 79.9. The van der Waals surface area contributed by atoms with Crippen LogP contribution in [0.25, 0.3) is 6.08 Å². The van der Waals surface area contributed by atoms with E-state index in [0.29, 0.717) is 33.0 Å². The zero-order chi connectivity index (χ0) is 28.6. The molecule has 1 saturated heterocycles. The lowest BCUT2D eigenvalue weighted by molar-refractivity contribution is -0.127. The number of rotatable bonds is 10. The highest BCUT2D eigenvalue weighted by Gasteiger charge is 2.35. The minimum absolute atomic E-state index is 0.0662. The molecule has 3 aromatic rings. The highest BCUT2D eigenvalue weighted by Crippen LogP contribution is 2.37. The Hall–Kier alpha value is -4.71.